The Morgan fingerprint density at radius 3 is 2.31 bits per heavy atom. The van der Waals surface area contributed by atoms with Crippen molar-refractivity contribution in [3.63, 3.8) is 0 Å². The van der Waals surface area contributed by atoms with E-state index in [1.54, 1.807) is 26.0 Å². The Morgan fingerprint density at radius 1 is 1.41 bits per heavy atom. The molecule has 6 heteroatoms. The molecule has 0 aliphatic carbocycles. The fourth-order valence-corrected chi connectivity index (χ4v) is 4.16. The van der Waals surface area contributed by atoms with Gasteiger partial charge in [-0.05, 0) is 47.1 Å². The molecule has 3 nitrogen and oxygen atoms in total. The summed E-state index contributed by atoms with van der Waals surface area (Å²) in [5.41, 5.74) is 0.814. The molecule has 0 radical (unpaired) electrons. The number of hydrogen-bond acceptors (Lipinski definition) is 4. The van der Waals surface area contributed by atoms with Gasteiger partial charge in [0, 0.05) is 18.0 Å². The zero-order valence-electron chi connectivity index (χ0n) is 18.2. The van der Waals surface area contributed by atoms with Crippen molar-refractivity contribution < 1.29 is 13.9 Å². The lowest BCUT2D eigenvalue weighted by atomic mass is 10.0. The van der Waals surface area contributed by atoms with Gasteiger partial charge < -0.3 is 5.11 Å². The molecular formula is C23H32F2N2OS. The first kappa shape index (κ1) is 26.7. The summed E-state index contributed by atoms with van der Waals surface area (Å²) in [5.74, 6) is 1.98. The lowest BCUT2D eigenvalue weighted by molar-refractivity contribution is 0.132. The molecule has 1 aliphatic heterocycles. The van der Waals surface area contributed by atoms with E-state index in [1.165, 1.54) is 24.8 Å². The highest BCUT2D eigenvalue weighted by molar-refractivity contribution is 8.14. The van der Waals surface area contributed by atoms with Gasteiger partial charge >= 0.3 is 0 Å². The van der Waals surface area contributed by atoms with Crippen molar-refractivity contribution >= 4 is 16.8 Å². The van der Waals surface area contributed by atoms with Gasteiger partial charge in [-0.2, -0.15) is 5.10 Å². The number of benzene rings is 1. The molecule has 1 N–H and O–H groups in total. The maximum Gasteiger partial charge on any atom is 0.137 e. The number of hydrogen-bond donors (Lipinski definition) is 1. The Hall–Kier alpha value is -2.26. The molecule has 1 unspecified atom stereocenters. The second-order valence-electron chi connectivity index (χ2n) is 6.55. The summed E-state index contributed by atoms with van der Waals surface area (Å²) in [6.07, 6.45) is 6.89. The van der Waals surface area contributed by atoms with Crippen molar-refractivity contribution in [1.29, 1.82) is 0 Å². The molecule has 1 atom stereocenters. The minimum Gasteiger partial charge on any atom is -0.508 e. The summed E-state index contributed by atoms with van der Waals surface area (Å²) in [4.78, 5) is -0.496. The molecule has 0 saturated heterocycles. The number of hydrazone groups is 1. The summed E-state index contributed by atoms with van der Waals surface area (Å²) in [5, 5.41) is 17.5. The first-order chi connectivity index (χ1) is 13.6. The number of nitrogens with zero attached hydrogens (tertiary/aromatic N) is 2. The number of aromatic hydroxyl groups is 1. The van der Waals surface area contributed by atoms with E-state index in [2.05, 4.69) is 30.9 Å². The Labute approximate surface area is 178 Å². The van der Waals surface area contributed by atoms with Crippen LogP contribution in [0.5, 0.6) is 5.75 Å². The molecule has 0 amide bonds. The van der Waals surface area contributed by atoms with E-state index >= 15 is 0 Å². The van der Waals surface area contributed by atoms with Gasteiger partial charge in [0.25, 0.3) is 0 Å². The van der Waals surface area contributed by atoms with Crippen LogP contribution >= 0.6 is 11.8 Å². The van der Waals surface area contributed by atoms with E-state index in [-0.39, 0.29) is 24.0 Å². The molecular weight excluding hydrogens is 390 g/mol. The Kier molecular flexibility index (Phi) is 12.0. The van der Waals surface area contributed by atoms with Gasteiger partial charge in [0.2, 0.25) is 0 Å². The summed E-state index contributed by atoms with van der Waals surface area (Å²) < 4.78 is 24.5. The molecule has 0 bridgehead atoms. The predicted molar refractivity (Wildman–Crippen MR) is 122 cm³/mol. The van der Waals surface area contributed by atoms with E-state index < -0.39 is 10.7 Å². The number of allylic oxidation sites excluding steroid dienone is 3. The van der Waals surface area contributed by atoms with Crippen LogP contribution in [-0.2, 0) is 4.87 Å². The number of thioether (sulfide) groups is 1. The molecule has 1 aromatic rings. The fraction of sp³-hybridized carbons (Fsp3) is 0.435. The van der Waals surface area contributed by atoms with E-state index in [0.717, 1.165) is 12.0 Å². The maximum atomic E-state index is 13.2. The smallest absolute Gasteiger partial charge is 0.137 e. The lowest BCUT2D eigenvalue weighted by Gasteiger charge is -2.39. The van der Waals surface area contributed by atoms with Gasteiger partial charge in [-0.3, -0.25) is 5.01 Å². The first-order valence-electron chi connectivity index (χ1n) is 9.42. The molecule has 0 aromatic heterocycles. The monoisotopic (exact) mass is 422 g/mol. The second kappa shape index (κ2) is 13.1. The molecule has 1 heterocycles. The molecule has 29 heavy (non-hydrogen) atoms. The normalized spacial score (nSPS) is 18.1. The van der Waals surface area contributed by atoms with Gasteiger partial charge in [-0.1, -0.05) is 49.5 Å². The minimum absolute atomic E-state index is 0.120. The van der Waals surface area contributed by atoms with E-state index in [1.807, 2.05) is 31.0 Å². The standard InChI is InChI=1S/C16H21FN2OS.C4H7F.C3H4/c1-5-16(13-8-6-7-9-14(13)20)19(11(2)3)18-15(21-16)10-12(4)17;1-3-4(2)5;1-3-2/h6-9,11,20H,4-5,10H2,1-3H3;3H,1-2H3;1H,2H3/b;4-3+;. The number of phenolic OH excluding ortho intramolecular Hbond substituents is 1. The maximum absolute atomic E-state index is 13.2. The molecule has 160 valence electrons. The van der Waals surface area contributed by atoms with E-state index in [0.29, 0.717) is 5.04 Å². The Bertz CT molecular complexity index is 764. The quantitative estimate of drug-likeness (QED) is 0.513. The van der Waals surface area contributed by atoms with Gasteiger partial charge in [0.1, 0.15) is 15.7 Å². The van der Waals surface area contributed by atoms with Crippen LogP contribution in [0.3, 0.4) is 0 Å². The topological polar surface area (TPSA) is 35.8 Å². The highest BCUT2D eigenvalue weighted by Gasteiger charge is 2.46. The van der Waals surface area contributed by atoms with Crippen LogP contribution in [0.25, 0.3) is 0 Å². The predicted octanol–water partition coefficient (Wildman–Crippen LogP) is 7.12. The summed E-state index contributed by atoms with van der Waals surface area (Å²) in [7, 11) is 0. The zero-order valence-corrected chi connectivity index (χ0v) is 19.0. The molecule has 1 aromatic carbocycles. The number of halogens is 2. The average molecular weight is 423 g/mol. The first-order valence-corrected chi connectivity index (χ1v) is 10.2. The van der Waals surface area contributed by atoms with Crippen molar-refractivity contribution in [1.82, 2.24) is 5.01 Å². The van der Waals surface area contributed by atoms with Crippen LogP contribution < -0.4 is 0 Å². The largest absolute Gasteiger partial charge is 0.508 e. The lowest BCUT2D eigenvalue weighted by Crippen LogP contribution is -2.41. The van der Waals surface area contributed by atoms with Crippen LogP contribution in [-0.4, -0.2) is 21.2 Å². The number of rotatable bonds is 5. The molecule has 0 fully saturated rings. The third-order valence-corrected chi connectivity index (χ3v) is 5.41. The van der Waals surface area contributed by atoms with Crippen LogP contribution in [0, 0.1) is 12.3 Å². The van der Waals surface area contributed by atoms with Crippen molar-refractivity contribution in [3.8, 4) is 18.1 Å². The zero-order chi connectivity index (χ0) is 22.6. The van der Waals surface area contributed by atoms with Gasteiger partial charge in [0.05, 0.1) is 11.7 Å². The highest BCUT2D eigenvalue weighted by Crippen LogP contribution is 2.52. The van der Waals surface area contributed by atoms with Crippen molar-refractivity contribution in [2.75, 3.05) is 0 Å². The number of para-hydroxylation sites is 1. The highest BCUT2D eigenvalue weighted by atomic mass is 32.2. The van der Waals surface area contributed by atoms with Crippen molar-refractivity contribution in [3.05, 3.63) is 54.1 Å². The second-order valence-corrected chi connectivity index (χ2v) is 7.90. The van der Waals surface area contributed by atoms with E-state index in [4.69, 9.17) is 0 Å². The van der Waals surface area contributed by atoms with Crippen LogP contribution in [0.4, 0.5) is 8.78 Å². The summed E-state index contributed by atoms with van der Waals surface area (Å²) >= 11 is 1.51. The summed E-state index contributed by atoms with van der Waals surface area (Å²) in [6.45, 7) is 14.2. The molecule has 2 rings (SSSR count). The fourth-order valence-electron chi connectivity index (χ4n) is 2.64. The SMILES string of the molecule is C#CC.C/C=C(\C)F.C=C(F)CC1=NN(C(C)C)C(CC)(c2ccccc2O)S1. The number of terminal acetylenes is 1. The Balaban J connectivity index is 0.000000838. The van der Waals surface area contributed by atoms with Crippen LogP contribution in [0.2, 0.25) is 0 Å². The van der Waals surface area contributed by atoms with Gasteiger partial charge in [0.15, 0.2) is 0 Å². The average Bonchev–Trinajstić information content (AvgIpc) is 3.02. The molecule has 0 spiro atoms. The van der Waals surface area contributed by atoms with E-state index in [9.17, 15) is 13.9 Å². The third kappa shape index (κ3) is 7.94. The number of phenols is 1. The van der Waals surface area contributed by atoms with Crippen LogP contribution in [0.1, 0.15) is 59.9 Å². The molecule has 1 aliphatic rings. The van der Waals surface area contributed by atoms with Crippen molar-refractivity contribution in [2.45, 2.75) is 65.3 Å². The van der Waals surface area contributed by atoms with Crippen molar-refractivity contribution in [2.24, 2.45) is 5.10 Å². The van der Waals surface area contributed by atoms with Gasteiger partial charge in [-0.25, -0.2) is 8.78 Å². The molecule has 0 saturated carbocycles. The summed E-state index contributed by atoms with van der Waals surface area (Å²) in [6, 6.07) is 7.43. The third-order valence-electron chi connectivity index (χ3n) is 3.91. The van der Waals surface area contributed by atoms with Crippen LogP contribution in [0.15, 0.2) is 53.7 Å². The Morgan fingerprint density at radius 2 is 1.93 bits per heavy atom. The van der Waals surface area contributed by atoms with Gasteiger partial charge in [-0.15, -0.1) is 12.3 Å². The minimum atomic E-state index is -0.496.